The van der Waals surface area contributed by atoms with Crippen LogP contribution in [0, 0.1) is 0 Å². The molecule has 1 heterocycles. The smallest absolute Gasteiger partial charge is 0.251 e. The minimum Gasteiger partial charge on any atom is -0.350 e. The average Bonchev–Trinajstić information content (AvgIpc) is 2.60. The number of carbonyl (C=O) groups is 2. The third-order valence-corrected chi connectivity index (χ3v) is 4.36. The van der Waals surface area contributed by atoms with Crippen molar-refractivity contribution in [2.24, 2.45) is 5.73 Å². The van der Waals surface area contributed by atoms with E-state index in [1.54, 1.807) is 12.1 Å². The van der Waals surface area contributed by atoms with Gasteiger partial charge in [0.15, 0.2) is 0 Å². The summed E-state index contributed by atoms with van der Waals surface area (Å²) in [4.78, 5) is 26.5. The van der Waals surface area contributed by atoms with E-state index in [-0.39, 0.29) is 17.9 Å². The van der Waals surface area contributed by atoms with Crippen molar-refractivity contribution < 1.29 is 9.59 Å². The maximum absolute atomic E-state index is 12.5. The standard InChI is InChI=1S/C18H27N3O2/c1-2-8-16(19)18(23)21-12-7-6-11-15(21)13-20-17(22)14-9-4-3-5-10-14/h3-5,9-10,15-16H,2,6-8,11-13,19H2,1H3,(H,20,22). The van der Waals surface area contributed by atoms with Crippen LogP contribution in [0.25, 0.3) is 0 Å². The van der Waals surface area contributed by atoms with Crippen LogP contribution < -0.4 is 11.1 Å². The number of hydrogen-bond acceptors (Lipinski definition) is 3. The van der Waals surface area contributed by atoms with Crippen LogP contribution >= 0.6 is 0 Å². The summed E-state index contributed by atoms with van der Waals surface area (Å²) in [6.45, 7) is 3.25. The normalized spacial score (nSPS) is 19.2. The quantitative estimate of drug-likeness (QED) is 0.842. The number of piperidine rings is 1. The fourth-order valence-electron chi connectivity index (χ4n) is 3.05. The Morgan fingerprint density at radius 1 is 1.30 bits per heavy atom. The first-order chi connectivity index (χ1) is 11.1. The van der Waals surface area contributed by atoms with Gasteiger partial charge in [0.1, 0.15) is 0 Å². The number of nitrogens with two attached hydrogens (primary N) is 1. The first kappa shape index (κ1) is 17.5. The Balaban J connectivity index is 1.93. The zero-order valence-corrected chi connectivity index (χ0v) is 13.8. The van der Waals surface area contributed by atoms with Gasteiger partial charge >= 0.3 is 0 Å². The second-order valence-corrected chi connectivity index (χ2v) is 6.15. The summed E-state index contributed by atoms with van der Waals surface area (Å²) in [5, 5.41) is 2.95. The predicted octanol–water partition coefficient (Wildman–Crippen LogP) is 1.92. The Bertz CT molecular complexity index is 518. The minimum atomic E-state index is -0.426. The SMILES string of the molecule is CCCC(N)C(=O)N1CCCCC1CNC(=O)c1ccccc1. The number of hydrogen-bond donors (Lipinski definition) is 2. The zero-order chi connectivity index (χ0) is 16.7. The molecule has 1 fully saturated rings. The van der Waals surface area contributed by atoms with E-state index in [9.17, 15) is 9.59 Å². The minimum absolute atomic E-state index is 0.0190. The molecule has 2 rings (SSSR count). The van der Waals surface area contributed by atoms with Crippen molar-refractivity contribution in [1.29, 1.82) is 0 Å². The van der Waals surface area contributed by atoms with E-state index in [1.807, 2.05) is 30.0 Å². The van der Waals surface area contributed by atoms with Crippen molar-refractivity contribution in [3.05, 3.63) is 35.9 Å². The lowest BCUT2D eigenvalue weighted by atomic mass is 10.00. The molecule has 2 amide bonds. The molecule has 1 aliphatic rings. The van der Waals surface area contributed by atoms with Gasteiger partial charge in [-0.25, -0.2) is 0 Å². The van der Waals surface area contributed by atoms with Crippen molar-refractivity contribution in [3.8, 4) is 0 Å². The molecule has 0 aliphatic carbocycles. The van der Waals surface area contributed by atoms with E-state index >= 15 is 0 Å². The fraction of sp³-hybridized carbons (Fsp3) is 0.556. The molecular weight excluding hydrogens is 290 g/mol. The third kappa shape index (κ3) is 4.79. The molecule has 1 saturated heterocycles. The monoisotopic (exact) mass is 317 g/mol. The Hall–Kier alpha value is -1.88. The molecule has 126 valence electrons. The summed E-state index contributed by atoms with van der Waals surface area (Å²) >= 11 is 0. The second-order valence-electron chi connectivity index (χ2n) is 6.15. The predicted molar refractivity (Wildman–Crippen MR) is 91.0 cm³/mol. The molecule has 0 bridgehead atoms. The summed E-state index contributed by atoms with van der Waals surface area (Å²) in [5.41, 5.74) is 6.63. The van der Waals surface area contributed by atoms with Crippen LogP contribution in [0.4, 0.5) is 0 Å². The molecule has 3 N–H and O–H groups in total. The Morgan fingerprint density at radius 2 is 2.04 bits per heavy atom. The van der Waals surface area contributed by atoms with Gasteiger partial charge in [-0.2, -0.15) is 0 Å². The van der Waals surface area contributed by atoms with Gasteiger partial charge in [-0.15, -0.1) is 0 Å². The lowest BCUT2D eigenvalue weighted by Crippen LogP contribution is -2.54. The molecule has 0 radical (unpaired) electrons. The number of nitrogens with one attached hydrogen (secondary N) is 1. The van der Waals surface area contributed by atoms with Crippen LogP contribution in [0.3, 0.4) is 0 Å². The molecule has 2 unspecified atom stereocenters. The number of nitrogens with zero attached hydrogens (tertiary/aromatic N) is 1. The number of carbonyl (C=O) groups excluding carboxylic acids is 2. The lowest BCUT2D eigenvalue weighted by Gasteiger charge is -2.37. The van der Waals surface area contributed by atoms with Crippen LogP contribution in [-0.2, 0) is 4.79 Å². The first-order valence-electron chi connectivity index (χ1n) is 8.52. The van der Waals surface area contributed by atoms with E-state index in [0.717, 1.165) is 32.2 Å². The topological polar surface area (TPSA) is 75.4 Å². The third-order valence-electron chi connectivity index (χ3n) is 4.36. The van der Waals surface area contributed by atoms with Crippen molar-refractivity contribution >= 4 is 11.8 Å². The summed E-state index contributed by atoms with van der Waals surface area (Å²) in [7, 11) is 0. The van der Waals surface area contributed by atoms with E-state index in [2.05, 4.69) is 5.32 Å². The lowest BCUT2D eigenvalue weighted by molar-refractivity contribution is -0.136. The maximum atomic E-state index is 12.5. The molecule has 1 aromatic rings. The molecule has 0 saturated carbocycles. The number of benzene rings is 1. The van der Waals surface area contributed by atoms with Crippen molar-refractivity contribution in [2.45, 2.75) is 51.1 Å². The molecule has 1 aromatic carbocycles. The highest BCUT2D eigenvalue weighted by Gasteiger charge is 2.29. The van der Waals surface area contributed by atoms with Crippen LogP contribution in [0.2, 0.25) is 0 Å². The highest BCUT2D eigenvalue weighted by Crippen LogP contribution is 2.18. The Kier molecular flexibility index (Phi) is 6.59. The van der Waals surface area contributed by atoms with Crippen molar-refractivity contribution in [3.63, 3.8) is 0 Å². The summed E-state index contributed by atoms with van der Waals surface area (Å²) in [6, 6.07) is 8.77. The molecule has 1 aliphatic heterocycles. The zero-order valence-electron chi connectivity index (χ0n) is 13.8. The molecule has 0 aromatic heterocycles. The highest BCUT2D eigenvalue weighted by molar-refractivity contribution is 5.94. The van der Waals surface area contributed by atoms with E-state index in [4.69, 9.17) is 5.73 Å². The largest absolute Gasteiger partial charge is 0.350 e. The van der Waals surface area contributed by atoms with Gasteiger partial charge < -0.3 is 16.0 Å². The molecule has 5 heteroatoms. The van der Waals surface area contributed by atoms with Gasteiger partial charge in [0.05, 0.1) is 6.04 Å². The van der Waals surface area contributed by atoms with E-state index in [0.29, 0.717) is 18.5 Å². The number of amides is 2. The van der Waals surface area contributed by atoms with E-state index in [1.165, 1.54) is 0 Å². The highest BCUT2D eigenvalue weighted by atomic mass is 16.2. The number of likely N-dealkylation sites (tertiary alicyclic amines) is 1. The van der Waals surface area contributed by atoms with Gasteiger partial charge in [-0.3, -0.25) is 9.59 Å². The van der Waals surface area contributed by atoms with Gasteiger partial charge in [0.25, 0.3) is 5.91 Å². The second kappa shape index (κ2) is 8.67. The Morgan fingerprint density at radius 3 is 2.74 bits per heavy atom. The first-order valence-corrected chi connectivity index (χ1v) is 8.52. The van der Waals surface area contributed by atoms with E-state index < -0.39 is 6.04 Å². The summed E-state index contributed by atoms with van der Waals surface area (Å²) < 4.78 is 0. The summed E-state index contributed by atoms with van der Waals surface area (Å²) in [5.74, 6) is -0.0769. The van der Waals surface area contributed by atoms with Gasteiger partial charge in [0.2, 0.25) is 5.91 Å². The molecule has 2 atom stereocenters. The van der Waals surface area contributed by atoms with Crippen LogP contribution in [-0.4, -0.2) is 41.9 Å². The summed E-state index contributed by atoms with van der Waals surface area (Å²) in [6.07, 6.45) is 4.61. The van der Waals surface area contributed by atoms with Crippen molar-refractivity contribution in [1.82, 2.24) is 10.2 Å². The molecule has 0 spiro atoms. The molecule has 5 nitrogen and oxygen atoms in total. The van der Waals surface area contributed by atoms with Gasteiger partial charge in [0, 0.05) is 24.7 Å². The maximum Gasteiger partial charge on any atom is 0.251 e. The van der Waals surface area contributed by atoms with Gasteiger partial charge in [-0.05, 0) is 37.8 Å². The van der Waals surface area contributed by atoms with Crippen LogP contribution in [0.15, 0.2) is 30.3 Å². The van der Waals surface area contributed by atoms with Crippen molar-refractivity contribution in [2.75, 3.05) is 13.1 Å². The Labute approximate surface area is 138 Å². The van der Waals surface area contributed by atoms with Crippen LogP contribution in [0.1, 0.15) is 49.4 Å². The van der Waals surface area contributed by atoms with Gasteiger partial charge in [-0.1, -0.05) is 31.5 Å². The molecular formula is C18H27N3O2. The van der Waals surface area contributed by atoms with Crippen LogP contribution in [0.5, 0.6) is 0 Å². The molecule has 23 heavy (non-hydrogen) atoms. The fourth-order valence-corrected chi connectivity index (χ4v) is 3.05. The average molecular weight is 317 g/mol. The number of rotatable bonds is 6.